The highest BCUT2D eigenvalue weighted by Gasteiger charge is 2.29. The predicted octanol–water partition coefficient (Wildman–Crippen LogP) is 4.16. The molecule has 1 heterocycles. The van der Waals surface area contributed by atoms with Crippen molar-refractivity contribution in [2.75, 3.05) is 38.0 Å². The molecular formula is C24H31ClN2O5S. The van der Waals surface area contributed by atoms with E-state index in [1.807, 2.05) is 44.9 Å². The molecule has 0 saturated heterocycles. The second kappa shape index (κ2) is 10.3. The van der Waals surface area contributed by atoms with Crippen molar-refractivity contribution in [2.24, 2.45) is 0 Å². The van der Waals surface area contributed by atoms with E-state index >= 15 is 0 Å². The zero-order valence-corrected chi connectivity index (χ0v) is 21.3. The lowest BCUT2D eigenvalue weighted by Gasteiger charge is -2.21. The number of anilines is 1. The number of likely N-dealkylation sites (N-methyl/N-ethyl adjacent to an activating group) is 1. The first-order chi connectivity index (χ1) is 15.5. The minimum absolute atomic E-state index is 0.0833. The van der Waals surface area contributed by atoms with Crippen LogP contribution in [-0.2, 0) is 27.7 Å². The number of carbonyl (C=O) groups is 1. The third-order valence-corrected chi connectivity index (χ3v) is 6.85. The molecule has 0 bridgehead atoms. The highest BCUT2D eigenvalue weighted by molar-refractivity contribution is 7.90. The molecule has 1 aliphatic rings. The fourth-order valence-electron chi connectivity index (χ4n) is 3.74. The van der Waals surface area contributed by atoms with Gasteiger partial charge in [-0.15, -0.1) is 0 Å². The Labute approximate surface area is 201 Å². The molecule has 0 atom stereocenters. The van der Waals surface area contributed by atoms with E-state index in [-0.39, 0.29) is 22.5 Å². The number of fused-ring (bicyclic) bond motifs is 1. The first kappa shape index (κ1) is 25.3. The Bertz CT molecular complexity index is 1130. The Morgan fingerprint density at radius 2 is 1.85 bits per heavy atom. The Kier molecular flexibility index (Phi) is 7.92. The molecule has 2 aromatic carbocycles. The first-order valence-corrected chi connectivity index (χ1v) is 13.2. The maximum Gasteiger partial charge on any atom is 0.258 e. The molecule has 1 amide bonds. The summed E-state index contributed by atoms with van der Waals surface area (Å²) in [7, 11) is -1.52. The number of halogens is 1. The van der Waals surface area contributed by atoms with Crippen molar-refractivity contribution in [2.45, 2.75) is 44.9 Å². The van der Waals surface area contributed by atoms with E-state index in [1.165, 1.54) is 12.1 Å². The summed E-state index contributed by atoms with van der Waals surface area (Å²) in [5.74, 6) is 0.0856. The molecule has 0 aliphatic carbocycles. The summed E-state index contributed by atoms with van der Waals surface area (Å²) in [5, 5.41) is 0.616. The standard InChI is InChI=1S/C24H31ClN2O5S/c1-6-31-10-9-26(4)22-12-18-15-27(14-17(18)11-21(22)25)24(28)20-13-19(33(5,29)30)7-8-23(20)32-16(2)3/h7-8,11-13,16H,6,9-10,14-15H2,1-5H3. The van der Waals surface area contributed by atoms with Crippen molar-refractivity contribution in [1.82, 2.24) is 4.90 Å². The SMILES string of the molecule is CCOCCN(C)c1cc2c(cc1Cl)CN(C(=O)c1cc(S(C)(=O)=O)ccc1OC(C)C)C2. The van der Waals surface area contributed by atoms with Crippen molar-refractivity contribution in [3.05, 3.63) is 52.0 Å². The van der Waals surface area contributed by atoms with Crippen LogP contribution in [0.2, 0.25) is 5.02 Å². The molecule has 2 aromatic rings. The Morgan fingerprint density at radius 3 is 2.45 bits per heavy atom. The number of sulfone groups is 1. The summed E-state index contributed by atoms with van der Waals surface area (Å²) in [6.07, 6.45) is 0.960. The summed E-state index contributed by atoms with van der Waals surface area (Å²) >= 11 is 6.54. The van der Waals surface area contributed by atoms with Crippen molar-refractivity contribution >= 4 is 33.0 Å². The number of ether oxygens (including phenoxy) is 2. The lowest BCUT2D eigenvalue weighted by atomic mass is 10.1. The monoisotopic (exact) mass is 494 g/mol. The van der Waals surface area contributed by atoms with Gasteiger partial charge in [0.1, 0.15) is 5.75 Å². The molecular weight excluding hydrogens is 464 g/mol. The van der Waals surface area contributed by atoms with Gasteiger partial charge in [-0.1, -0.05) is 11.6 Å². The number of nitrogens with zero attached hydrogens (tertiary/aromatic N) is 2. The van der Waals surface area contributed by atoms with Crippen LogP contribution in [-0.4, -0.2) is 58.4 Å². The van der Waals surface area contributed by atoms with Gasteiger partial charge in [-0.05, 0) is 62.2 Å². The Hall–Kier alpha value is -2.29. The number of benzene rings is 2. The van der Waals surface area contributed by atoms with Crippen molar-refractivity contribution in [3.63, 3.8) is 0 Å². The highest BCUT2D eigenvalue weighted by atomic mass is 35.5. The summed E-state index contributed by atoms with van der Waals surface area (Å²) in [5.41, 5.74) is 3.10. The molecule has 0 fully saturated rings. The molecule has 7 nitrogen and oxygen atoms in total. The van der Waals surface area contributed by atoms with Crippen molar-refractivity contribution in [1.29, 1.82) is 0 Å². The zero-order chi connectivity index (χ0) is 24.3. The Balaban J connectivity index is 1.88. The minimum Gasteiger partial charge on any atom is -0.490 e. The van der Waals surface area contributed by atoms with Crippen LogP contribution < -0.4 is 9.64 Å². The van der Waals surface area contributed by atoms with Crippen LogP contribution in [0.15, 0.2) is 35.2 Å². The van der Waals surface area contributed by atoms with E-state index in [9.17, 15) is 13.2 Å². The van der Waals surface area contributed by atoms with Gasteiger partial charge in [0.2, 0.25) is 0 Å². The molecule has 0 spiro atoms. The van der Waals surface area contributed by atoms with Gasteiger partial charge in [-0.2, -0.15) is 0 Å². The molecule has 1 aliphatic heterocycles. The first-order valence-electron chi connectivity index (χ1n) is 10.9. The van der Waals surface area contributed by atoms with Crippen LogP contribution in [0, 0.1) is 0 Å². The Morgan fingerprint density at radius 1 is 1.18 bits per heavy atom. The van der Waals surface area contributed by atoms with Crippen LogP contribution >= 0.6 is 11.6 Å². The van der Waals surface area contributed by atoms with Crippen LogP contribution in [0.4, 0.5) is 5.69 Å². The van der Waals surface area contributed by atoms with E-state index in [0.29, 0.717) is 43.6 Å². The van der Waals surface area contributed by atoms with Crippen LogP contribution in [0.25, 0.3) is 0 Å². The number of hydrogen-bond acceptors (Lipinski definition) is 6. The average molecular weight is 495 g/mol. The second-order valence-electron chi connectivity index (χ2n) is 8.45. The molecule has 180 valence electrons. The quantitative estimate of drug-likeness (QED) is 0.487. The van der Waals surface area contributed by atoms with Crippen molar-refractivity contribution in [3.8, 4) is 5.75 Å². The lowest BCUT2D eigenvalue weighted by molar-refractivity contribution is 0.0745. The van der Waals surface area contributed by atoms with E-state index in [0.717, 1.165) is 23.1 Å². The normalized spacial score (nSPS) is 13.4. The third kappa shape index (κ3) is 5.99. The molecule has 3 rings (SSSR count). The molecule has 9 heteroatoms. The van der Waals surface area contributed by atoms with Crippen LogP contribution in [0.5, 0.6) is 5.75 Å². The maximum absolute atomic E-state index is 13.5. The largest absolute Gasteiger partial charge is 0.490 e. The number of rotatable bonds is 9. The molecule has 33 heavy (non-hydrogen) atoms. The van der Waals surface area contributed by atoms with Gasteiger partial charge in [0, 0.05) is 39.5 Å². The predicted molar refractivity (Wildman–Crippen MR) is 130 cm³/mol. The number of amides is 1. The molecule has 0 N–H and O–H groups in total. The van der Waals surface area contributed by atoms with Gasteiger partial charge in [0.25, 0.3) is 5.91 Å². The molecule has 0 saturated carbocycles. The van der Waals surface area contributed by atoms with E-state index < -0.39 is 9.84 Å². The number of hydrogen-bond donors (Lipinski definition) is 0. The van der Waals surface area contributed by atoms with Gasteiger partial charge < -0.3 is 19.3 Å². The van der Waals surface area contributed by atoms with Crippen molar-refractivity contribution < 1.29 is 22.7 Å². The smallest absolute Gasteiger partial charge is 0.258 e. The van der Waals surface area contributed by atoms with Gasteiger partial charge in [-0.25, -0.2) is 8.42 Å². The van der Waals surface area contributed by atoms with Crippen LogP contribution in [0.3, 0.4) is 0 Å². The summed E-state index contributed by atoms with van der Waals surface area (Å²) in [6.45, 7) is 8.42. The fourth-order valence-corrected chi connectivity index (χ4v) is 4.72. The van der Waals surface area contributed by atoms with E-state index in [2.05, 4.69) is 0 Å². The minimum atomic E-state index is -3.47. The highest BCUT2D eigenvalue weighted by Crippen LogP contribution is 2.35. The van der Waals surface area contributed by atoms with E-state index in [1.54, 1.807) is 11.0 Å². The fraction of sp³-hybridized carbons (Fsp3) is 0.458. The van der Waals surface area contributed by atoms with Gasteiger partial charge in [0.15, 0.2) is 9.84 Å². The van der Waals surface area contributed by atoms with Gasteiger partial charge in [-0.3, -0.25) is 4.79 Å². The number of carbonyl (C=O) groups excluding carboxylic acids is 1. The second-order valence-corrected chi connectivity index (χ2v) is 10.9. The lowest BCUT2D eigenvalue weighted by Crippen LogP contribution is -2.26. The summed E-state index contributed by atoms with van der Waals surface area (Å²) < 4.78 is 35.4. The van der Waals surface area contributed by atoms with Gasteiger partial charge in [0.05, 0.1) is 33.9 Å². The van der Waals surface area contributed by atoms with Crippen LogP contribution in [0.1, 0.15) is 42.3 Å². The average Bonchev–Trinajstić information content (AvgIpc) is 3.14. The maximum atomic E-state index is 13.5. The summed E-state index contributed by atoms with van der Waals surface area (Å²) in [6, 6.07) is 8.32. The molecule has 0 unspecified atom stereocenters. The third-order valence-electron chi connectivity index (χ3n) is 5.44. The topological polar surface area (TPSA) is 76.2 Å². The molecule has 0 radical (unpaired) electrons. The molecule has 0 aromatic heterocycles. The zero-order valence-electron chi connectivity index (χ0n) is 19.7. The van der Waals surface area contributed by atoms with E-state index in [4.69, 9.17) is 21.1 Å². The van der Waals surface area contributed by atoms with Gasteiger partial charge >= 0.3 is 0 Å². The summed E-state index contributed by atoms with van der Waals surface area (Å²) in [4.78, 5) is 17.3.